The van der Waals surface area contributed by atoms with E-state index in [2.05, 4.69) is 20.5 Å². The Morgan fingerprint density at radius 2 is 2.06 bits per heavy atom. The normalized spacial score (nSPS) is 17.3. The predicted octanol–water partition coefficient (Wildman–Crippen LogP) is 3.16. The number of halogens is 1. The van der Waals surface area contributed by atoms with Crippen molar-refractivity contribution in [1.82, 2.24) is 15.2 Å². The minimum atomic E-state index is -0.510. The van der Waals surface area contributed by atoms with E-state index in [1.54, 1.807) is 6.20 Å². The van der Waals surface area contributed by atoms with Crippen molar-refractivity contribution in [3.63, 3.8) is 0 Å². The first-order chi connectivity index (χ1) is 16.9. The molecule has 2 aliphatic rings. The van der Waals surface area contributed by atoms with Crippen LogP contribution in [0.15, 0.2) is 42.6 Å². The van der Waals surface area contributed by atoms with Gasteiger partial charge in [-0.3, -0.25) is 9.69 Å². The molecular weight excluding hydrogens is 486 g/mol. The molecule has 4 heterocycles. The van der Waals surface area contributed by atoms with Crippen molar-refractivity contribution in [3.8, 4) is 0 Å². The molecule has 1 aromatic carbocycles. The summed E-state index contributed by atoms with van der Waals surface area (Å²) < 4.78 is 1.82. The lowest BCUT2D eigenvalue weighted by atomic mass is 10.1. The molecule has 2 aliphatic heterocycles. The number of rotatable bonds is 5. The molecule has 5 rings (SSSR count). The number of piperidine rings is 1. The molecule has 1 saturated heterocycles. The Hall–Kier alpha value is -3.37. The number of benzene rings is 1. The summed E-state index contributed by atoms with van der Waals surface area (Å²) in [4.78, 5) is 33.6. The van der Waals surface area contributed by atoms with Gasteiger partial charge in [0, 0.05) is 24.3 Å². The van der Waals surface area contributed by atoms with Gasteiger partial charge >= 0.3 is 11.2 Å². The average Bonchev–Trinajstić information content (AvgIpc) is 3.40. The average molecular weight is 513 g/mol. The number of nitrogens with one attached hydrogen (secondary N) is 2. The largest absolute Gasteiger partial charge is 0.362 e. The monoisotopic (exact) mass is 512 g/mol. The van der Waals surface area contributed by atoms with E-state index < -0.39 is 5.91 Å². The van der Waals surface area contributed by atoms with E-state index in [1.165, 1.54) is 11.3 Å². The van der Waals surface area contributed by atoms with E-state index in [0.717, 1.165) is 35.6 Å². The first-order valence-electron chi connectivity index (χ1n) is 11.5. The van der Waals surface area contributed by atoms with Gasteiger partial charge < -0.3 is 21.3 Å². The van der Waals surface area contributed by atoms with Crippen LogP contribution >= 0.6 is 22.9 Å². The molecule has 3 amide bonds. The van der Waals surface area contributed by atoms with Crippen LogP contribution in [-0.4, -0.2) is 41.0 Å². The molecule has 9 nitrogen and oxygen atoms in total. The number of hydrogen-bond donors (Lipinski definition) is 3. The number of urea groups is 1. The quantitative estimate of drug-likeness (QED) is 0.455. The van der Waals surface area contributed by atoms with E-state index in [1.807, 2.05) is 52.9 Å². The molecule has 0 saturated carbocycles. The van der Waals surface area contributed by atoms with Crippen LogP contribution in [-0.2, 0) is 20.1 Å². The minimum absolute atomic E-state index is 0.00474. The number of aromatic nitrogens is 2. The SMILES string of the molecule is C[n+]1c(N2CCCC(NC(=O)N3Cc4ccc(Cl)cc4C3)C2)sc(Nc2ccccn2)c1C(N)=O. The number of anilines is 3. The van der Waals surface area contributed by atoms with Crippen molar-refractivity contribution in [2.24, 2.45) is 12.8 Å². The molecule has 0 radical (unpaired) electrons. The van der Waals surface area contributed by atoms with Crippen LogP contribution in [0.5, 0.6) is 0 Å². The third-order valence-corrected chi connectivity index (χ3v) is 7.82. The summed E-state index contributed by atoms with van der Waals surface area (Å²) in [5.41, 5.74) is 8.34. The molecule has 11 heteroatoms. The highest BCUT2D eigenvalue weighted by Crippen LogP contribution is 2.32. The highest BCUT2D eigenvalue weighted by molar-refractivity contribution is 7.19. The Labute approximate surface area is 212 Å². The van der Waals surface area contributed by atoms with E-state index in [-0.39, 0.29) is 12.1 Å². The highest BCUT2D eigenvalue weighted by Gasteiger charge is 2.35. The second-order valence-corrected chi connectivity index (χ2v) is 10.2. The van der Waals surface area contributed by atoms with Gasteiger partial charge in [0.1, 0.15) is 12.4 Å². The number of carbonyl (C=O) groups excluding carboxylic acids is 2. The van der Waals surface area contributed by atoms with E-state index in [4.69, 9.17) is 17.3 Å². The van der Waals surface area contributed by atoms with Crippen molar-refractivity contribution in [2.75, 3.05) is 23.3 Å². The van der Waals surface area contributed by atoms with Crippen LogP contribution < -0.4 is 25.8 Å². The number of pyridine rings is 1. The molecule has 182 valence electrons. The van der Waals surface area contributed by atoms with Gasteiger partial charge in [0.15, 0.2) is 5.00 Å². The zero-order chi connectivity index (χ0) is 24.5. The molecule has 4 N–H and O–H groups in total. The number of hydrogen-bond acceptors (Lipinski definition) is 6. The third kappa shape index (κ3) is 4.89. The van der Waals surface area contributed by atoms with Crippen LogP contribution in [0.25, 0.3) is 0 Å². The van der Waals surface area contributed by atoms with Crippen molar-refractivity contribution in [3.05, 3.63) is 64.4 Å². The van der Waals surface area contributed by atoms with Crippen LogP contribution in [0.3, 0.4) is 0 Å². The summed E-state index contributed by atoms with van der Waals surface area (Å²) in [7, 11) is 1.84. The number of primary amides is 1. The summed E-state index contributed by atoms with van der Waals surface area (Å²) >= 11 is 7.56. The first-order valence-corrected chi connectivity index (χ1v) is 12.7. The molecule has 3 aromatic rings. The Kier molecular flexibility index (Phi) is 6.48. The molecule has 0 bridgehead atoms. The molecule has 1 fully saturated rings. The van der Waals surface area contributed by atoms with Gasteiger partial charge in [-0.05, 0) is 59.6 Å². The fourth-order valence-corrected chi connectivity index (χ4v) is 6.08. The van der Waals surface area contributed by atoms with Gasteiger partial charge in [-0.1, -0.05) is 23.7 Å². The lowest BCUT2D eigenvalue weighted by molar-refractivity contribution is -0.656. The second-order valence-electron chi connectivity index (χ2n) is 8.83. The maximum absolute atomic E-state index is 13.0. The molecule has 1 atom stereocenters. The van der Waals surface area contributed by atoms with Crippen molar-refractivity contribution in [1.29, 1.82) is 0 Å². The van der Waals surface area contributed by atoms with Crippen molar-refractivity contribution >= 4 is 50.8 Å². The van der Waals surface area contributed by atoms with Crippen LogP contribution in [0.4, 0.5) is 20.7 Å². The zero-order valence-electron chi connectivity index (χ0n) is 19.3. The Balaban J connectivity index is 1.29. The van der Waals surface area contributed by atoms with Gasteiger partial charge in [0.05, 0.1) is 19.6 Å². The fraction of sp³-hybridized carbons (Fsp3) is 0.333. The number of thiazole rings is 1. The Morgan fingerprint density at radius 3 is 2.83 bits per heavy atom. The fourth-order valence-electron chi connectivity index (χ4n) is 4.69. The summed E-state index contributed by atoms with van der Waals surface area (Å²) in [5.74, 6) is 0.129. The second kappa shape index (κ2) is 9.71. The molecule has 2 aromatic heterocycles. The third-order valence-electron chi connectivity index (χ3n) is 6.37. The highest BCUT2D eigenvalue weighted by atomic mass is 35.5. The minimum Gasteiger partial charge on any atom is -0.362 e. The van der Waals surface area contributed by atoms with E-state index in [9.17, 15) is 9.59 Å². The number of nitrogens with two attached hydrogens (primary N) is 1. The maximum Gasteiger partial charge on any atom is 0.338 e. The Morgan fingerprint density at radius 1 is 1.23 bits per heavy atom. The zero-order valence-corrected chi connectivity index (χ0v) is 20.9. The number of fused-ring (bicyclic) bond motifs is 1. The summed E-state index contributed by atoms with van der Waals surface area (Å²) in [6, 6.07) is 11.2. The van der Waals surface area contributed by atoms with Crippen molar-refractivity contribution in [2.45, 2.75) is 32.0 Å². The van der Waals surface area contributed by atoms with Gasteiger partial charge in [0.25, 0.3) is 5.91 Å². The summed E-state index contributed by atoms with van der Waals surface area (Å²) in [6.45, 7) is 2.62. The Bertz CT molecular complexity index is 1270. The number of nitrogens with zero attached hydrogens (tertiary/aromatic N) is 4. The molecule has 1 unspecified atom stereocenters. The number of carbonyl (C=O) groups is 2. The standard InChI is InChI=1S/C24H26ClN7O2S/c1-30-20(21(26)33)22(29-19-6-2-3-9-27-19)35-24(30)31-10-4-5-18(14-31)28-23(34)32-12-15-7-8-17(25)11-16(15)13-32/h2-3,6-9,11,18H,4-5,10,12-14H2,1H3,(H3-,26,27,28,29,33,34)/p+1. The smallest absolute Gasteiger partial charge is 0.338 e. The van der Waals surface area contributed by atoms with Gasteiger partial charge in [-0.2, -0.15) is 0 Å². The first kappa shape index (κ1) is 23.4. The lowest BCUT2D eigenvalue weighted by Crippen LogP contribution is -2.53. The summed E-state index contributed by atoms with van der Waals surface area (Å²) in [6.07, 6.45) is 3.51. The molecule has 0 aliphatic carbocycles. The van der Waals surface area contributed by atoms with Crippen LogP contribution in [0.2, 0.25) is 5.02 Å². The van der Waals surface area contributed by atoms with E-state index >= 15 is 0 Å². The van der Waals surface area contributed by atoms with Gasteiger partial charge in [-0.25, -0.2) is 14.3 Å². The van der Waals surface area contributed by atoms with Crippen molar-refractivity contribution < 1.29 is 14.2 Å². The predicted molar refractivity (Wildman–Crippen MR) is 136 cm³/mol. The van der Waals surface area contributed by atoms with Crippen LogP contribution in [0.1, 0.15) is 34.5 Å². The van der Waals surface area contributed by atoms with Gasteiger partial charge in [-0.15, -0.1) is 0 Å². The summed E-state index contributed by atoms with van der Waals surface area (Å²) in [5, 5.41) is 8.66. The number of amides is 3. The van der Waals surface area contributed by atoms with Crippen LogP contribution in [0, 0.1) is 0 Å². The van der Waals surface area contributed by atoms with Gasteiger partial charge in [0.2, 0.25) is 5.69 Å². The molecule has 35 heavy (non-hydrogen) atoms. The topological polar surface area (TPSA) is 107 Å². The maximum atomic E-state index is 13.0. The molecular formula is C24H27ClN7O2S+. The van der Waals surface area contributed by atoms with E-state index in [0.29, 0.717) is 41.2 Å². The lowest BCUT2D eigenvalue weighted by Gasteiger charge is -2.30. The molecule has 0 spiro atoms.